The van der Waals surface area contributed by atoms with Crippen molar-refractivity contribution in [1.82, 2.24) is 4.31 Å². The average Bonchev–Trinajstić information content (AvgIpc) is 2.33. The van der Waals surface area contributed by atoms with Crippen LogP contribution in [0.2, 0.25) is 0 Å². The summed E-state index contributed by atoms with van der Waals surface area (Å²) in [4.78, 5) is 0. The van der Waals surface area contributed by atoms with Gasteiger partial charge in [-0.05, 0) is 25.7 Å². The van der Waals surface area contributed by atoms with Crippen LogP contribution in [0.25, 0.3) is 0 Å². The first kappa shape index (κ1) is 10.2. The highest BCUT2D eigenvalue weighted by molar-refractivity contribution is 7.82. The molecule has 0 aromatic carbocycles. The molecule has 1 unspecified atom stereocenters. The first-order chi connectivity index (χ1) is 5.61. The zero-order valence-corrected chi connectivity index (χ0v) is 9.06. The highest BCUT2D eigenvalue weighted by atomic mass is 32.2. The molecule has 0 spiro atoms. The van der Waals surface area contributed by atoms with Crippen LogP contribution in [0.4, 0.5) is 0 Å². The van der Waals surface area contributed by atoms with E-state index in [4.69, 9.17) is 0 Å². The van der Waals surface area contributed by atoms with Crippen molar-refractivity contribution in [2.24, 2.45) is 5.92 Å². The molecule has 1 aliphatic heterocycles. The zero-order valence-electron chi connectivity index (χ0n) is 8.25. The molecule has 2 nitrogen and oxygen atoms in total. The van der Waals surface area contributed by atoms with Crippen LogP contribution in [-0.2, 0) is 11.0 Å². The maximum atomic E-state index is 11.7. The lowest BCUT2D eigenvalue weighted by Crippen LogP contribution is -2.31. The van der Waals surface area contributed by atoms with Gasteiger partial charge in [-0.15, -0.1) is 0 Å². The Morgan fingerprint density at radius 3 is 2.67 bits per heavy atom. The molecule has 0 N–H and O–H groups in total. The molecule has 1 rings (SSSR count). The first-order valence-corrected chi connectivity index (χ1v) is 6.04. The standard InChI is InChI=1S/C9H19NOS/c1-8(2)7-12(11)10-6-4-5-9(10)3/h8-9H,4-7H2,1-3H3/t9-,12?/m0/s1. The quantitative estimate of drug-likeness (QED) is 0.663. The lowest BCUT2D eigenvalue weighted by Gasteiger charge is -2.20. The Labute approximate surface area is 77.9 Å². The van der Waals surface area contributed by atoms with Crippen LogP contribution < -0.4 is 0 Å². The molecule has 1 heterocycles. The summed E-state index contributed by atoms with van der Waals surface area (Å²) in [6.07, 6.45) is 2.43. The second-order valence-corrected chi connectivity index (χ2v) is 5.46. The molecule has 12 heavy (non-hydrogen) atoms. The summed E-state index contributed by atoms with van der Waals surface area (Å²) < 4.78 is 13.8. The van der Waals surface area contributed by atoms with E-state index < -0.39 is 11.0 Å². The predicted octanol–water partition coefficient (Wildman–Crippen LogP) is 1.79. The molecule has 0 radical (unpaired) electrons. The van der Waals surface area contributed by atoms with Crippen LogP contribution in [0.3, 0.4) is 0 Å². The summed E-state index contributed by atoms with van der Waals surface area (Å²) in [5.41, 5.74) is 0. The third-order valence-corrected chi connectivity index (χ3v) is 4.25. The Hall–Kier alpha value is 0.110. The molecule has 1 fully saturated rings. The molecule has 0 bridgehead atoms. The van der Waals surface area contributed by atoms with Crippen molar-refractivity contribution < 1.29 is 4.21 Å². The smallest absolute Gasteiger partial charge is 0.0947 e. The second-order valence-electron chi connectivity index (χ2n) is 4.01. The molecular formula is C9H19NOS. The third-order valence-electron chi connectivity index (χ3n) is 2.23. The maximum absolute atomic E-state index is 11.7. The summed E-state index contributed by atoms with van der Waals surface area (Å²) in [5, 5.41) is 0. The lowest BCUT2D eigenvalue weighted by molar-refractivity contribution is 0.438. The van der Waals surface area contributed by atoms with Crippen LogP contribution in [0.15, 0.2) is 0 Å². The van der Waals surface area contributed by atoms with E-state index in [1.807, 2.05) is 0 Å². The molecule has 3 heteroatoms. The molecule has 1 saturated heterocycles. The van der Waals surface area contributed by atoms with Gasteiger partial charge in [-0.25, -0.2) is 8.51 Å². The van der Waals surface area contributed by atoms with E-state index in [-0.39, 0.29) is 0 Å². The Morgan fingerprint density at radius 1 is 1.58 bits per heavy atom. The SMILES string of the molecule is CC(C)CS(=O)N1CCC[C@@H]1C. The van der Waals surface area contributed by atoms with Crippen molar-refractivity contribution in [2.45, 2.75) is 39.7 Å². The van der Waals surface area contributed by atoms with Gasteiger partial charge in [0, 0.05) is 18.3 Å². The summed E-state index contributed by atoms with van der Waals surface area (Å²) >= 11 is 0. The van der Waals surface area contributed by atoms with E-state index in [0.29, 0.717) is 12.0 Å². The van der Waals surface area contributed by atoms with Gasteiger partial charge in [0.25, 0.3) is 0 Å². The van der Waals surface area contributed by atoms with Crippen LogP contribution >= 0.6 is 0 Å². The fourth-order valence-corrected chi connectivity index (χ4v) is 3.19. The van der Waals surface area contributed by atoms with Crippen molar-refractivity contribution >= 4 is 11.0 Å². The minimum absolute atomic E-state index is 0.532. The van der Waals surface area contributed by atoms with Gasteiger partial charge >= 0.3 is 0 Å². The second kappa shape index (κ2) is 4.38. The summed E-state index contributed by atoms with van der Waals surface area (Å²) in [5.74, 6) is 1.36. The summed E-state index contributed by atoms with van der Waals surface area (Å²) in [6, 6.07) is 0.532. The Balaban J connectivity index is 2.41. The summed E-state index contributed by atoms with van der Waals surface area (Å²) in [7, 11) is -0.722. The topological polar surface area (TPSA) is 20.3 Å². The molecule has 1 aliphatic rings. The van der Waals surface area contributed by atoms with Crippen LogP contribution in [0.1, 0.15) is 33.6 Å². The molecule has 0 saturated carbocycles. The molecule has 72 valence electrons. The third kappa shape index (κ3) is 2.56. The largest absolute Gasteiger partial charge is 0.243 e. The number of hydrogen-bond donors (Lipinski definition) is 0. The van der Waals surface area contributed by atoms with E-state index in [9.17, 15) is 4.21 Å². The molecular weight excluding hydrogens is 170 g/mol. The van der Waals surface area contributed by atoms with Gasteiger partial charge in [-0.3, -0.25) is 0 Å². The Bertz CT molecular complexity index is 170. The predicted molar refractivity (Wildman–Crippen MR) is 53.2 cm³/mol. The Morgan fingerprint density at radius 2 is 2.25 bits per heavy atom. The zero-order chi connectivity index (χ0) is 9.14. The molecule has 0 aromatic rings. The first-order valence-electron chi connectivity index (χ1n) is 4.76. The molecule has 0 amide bonds. The number of rotatable bonds is 3. The highest BCUT2D eigenvalue weighted by Gasteiger charge is 2.25. The minimum atomic E-state index is -0.722. The molecule has 2 atom stereocenters. The summed E-state index contributed by atoms with van der Waals surface area (Å²) in [6.45, 7) is 7.45. The fraction of sp³-hybridized carbons (Fsp3) is 1.00. The van der Waals surface area contributed by atoms with E-state index in [2.05, 4.69) is 25.1 Å². The highest BCUT2D eigenvalue weighted by Crippen LogP contribution is 2.19. The van der Waals surface area contributed by atoms with E-state index in [1.165, 1.54) is 12.8 Å². The maximum Gasteiger partial charge on any atom is 0.0947 e. The van der Waals surface area contributed by atoms with Crippen molar-refractivity contribution in [2.75, 3.05) is 12.3 Å². The molecule has 0 aliphatic carbocycles. The van der Waals surface area contributed by atoms with Crippen molar-refractivity contribution in [3.63, 3.8) is 0 Å². The lowest BCUT2D eigenvalue weighted by atomic mass is 10.3. The van der Waals surface area contributed by atoms with Crippen molar-refractivity contribution in [1.29, 1.82) is 0 Å². The fourth-order valence-electron chi connectivity index (χ4n) is 1.59. The van der Waals surface area contributed by atoms with Crippen LogP contribution in [0.5, 0.6) is 0 Å². The van der Waals surface area contributed by atoms with E-state index in [1.54, 1.807) is 0 Å². The van der Waals surface area contributed by atoms with Gasteiger partial charge in [0.05, 0.1) is 11.0 Å². The van der Waals surface area contributed by atoms with Gasteiger partial charge in [0.15, 0.2) is 0 Å². The van der Waals surface area contributed by atoms with E-state index >= 15 is 0 Å². The monoisotopic (exact) mass is 189 g/mol. The molecule has 0 aromatic heterocycles. The average molecular weight is 189 g/mol. The number of nitrogens with zero attached hydrogens (tertiary/aromatic N) is 1. The van der Waals surface area contributed by atoms with Crippen LogP contribution in [-0.4, -0.2) is 26.9 Å². The van der Waals surface area contributed by atoms with E-state index in [0.717, 1.165) is 12.3 Å². The Kier molecular flexibility index (Phi) is 3.72. The normalized spacial score (nSPS) is 28.2. The van der Waals surface area contributed by atoms with Gasteiger partial charge < -0.3 is 0 Å². The van der Waals surface area contributed by atoms with Gasteiger partial charge in [-0.2, -0.15) is 0 Å². The van der Waals surface area contributed by atoms with Crippen LogP contribution in [0, 0.1) is 5.92 Å². The van der Waals surface area contributed by atoms with Gasteiger partial charge in [0.1, 0.15) is 0 Å². The van der Waals surface area contributed by atoms with Gasteiger partial charge in [-0.1, -0.05) is 13.8 Å². The van der Waals surface area contributed by atoms with Crippen molar-refractivity contribution in [3.05, 3.63) is 0 Å². The van der Waals surface area contributed by atoms with Gasteiger partial charge in [0.2, 0.25) is 0 Å². The van der Waals surface area contributed by atoms with Crippen molar-refractivity contribution in [3.8, 4) is 0 Å². The number of hydrogen-bond acceptors (Lipinski definition) is 1. The minimum Gasteiger partial charge on any atom is -0.243 e.